The van der Waals surface area contributed by atoms with Gasteiger partial charge in [-0.2, -0.15) is 0 Å². The maximum absolute atomic E-state index is 16.1. The van der Waals surface area contributed by atoms with E-state index in [0.29, 0.717) is 29.5 Å². The molecule has 0 aromatic heterocycles. The summed E-state index contributed by atoms with van der Waals surface area (Å²) in [5.41, 5.74) is 6.91. The van der Waals surface area contributed by atoms with E-state index in [4.69, 9.17) is 10.5 Å². The zero-order valence-electron chi connectivity index (χ0n) is 34.3. The Morgan fingerprint density at radius 1 is 0.790 bits per heavy atom. The van der Waals surface area contributed by atoms with E-state index in [-0.39, 0.29) is 17.0 Å². The number of nitrogens with one attached hydrogen (secondary N) is 1. The fraction of sp³-hybridized carbons (Fsp3) is 0.294. The normalized spacial score (nSPS) is 25.7. The number of phenolic OH excluding ortho intramolecular Hbond substituents is 1. The molecule has 5 aromatic rings. The van der Waals surface area contributed by atoms with Gasteiger partial charge in [-0.1, -0.05) is 128 Å². The number of fused-ring (bicyclic) bond motifs is 3. The van der Waals surface area contributed by atoms with Crippen LogP contribution in [0.5, 0.6) is 5.75 Å². The lowest BCUT2D eigenvalue weighted by atomic mass is 9.65. The minimum absolute atomic E-state index is 0.0355. The number of amides is 4. The van der Waals surface area contributed by atoms with Gasteiger partial charge in [0, 0.05) is 5.56 Å². The van der Waals surface area contributed by atoms with Crippen LogP contribution in [0.1, 0.15) is 103 Å². The Hall–Kier alpha value is -6.74. The van der Waals surface area contributed by atoms with Gasteiger partial charge in [0.2, 0.25) is 11.8 Å². The number of hydrogen-bond acceptors (Lipinski definition) is 8. The zero-order chi connectivity index (χ0) is 43.2. The molecule has 1 spiro atoms. The largest absolute Gasteiger partial charge is 0.508 e. The number of ether oxygens (including phenoxy) is 1. The molecule has 3 heterocycles. The summed E-state index contributed by atoms with van der Waals surface area (Å²) in [4.78, 5) is 63.2. The number of hydrogen-bond donors (Lipinski definition) is 4. The third-order valence-electron chi connectivity index (χ3n) is 13.2. The molecule has 0 unspecified atom stereocenters. The van der Waals surface area contributed by atoms with Crippen LogP contribution in [0.4, 0.5) is 10.5 Å². The molecule has 5 aromatic carbocycles. The van der Waals surface area contributed by atoms with E-state index in [1.165, 1.54) is 12.1 Å². The summed E-state index contributed by atoms with van der Waals surface area (Å²) in [6, 6.07) is 34.9. The number of nitrogens with two attached hydrogens (primary N) is 1. The van der Waals surface area contributed by atoms with Crippen molar-refractivity contribution in [1.29, 1.82) is 0 Å². The monoisotopic (exact) mass is 828 g/mol. The zero-order valence-corrected chi connectivity index (χ0v) is 34.3. The number of esters is 1. The number of imide groups is 1. The van der Waals surface area contributed by atoms with E-state index in [2.05, 4.69) is 17.2 Å². The Morgan fingerprint density at radius 3 is 2.03 bits per heavy atom. The molecular formula is C51H48N4O7. The number of anilines is 1. The molecule has 1 saturated carbocycles. The lowest BCUT2D eigenvalue weighted by Gasteiger charge is -2.46. The van der Waals surface area contributed by atoms with E-state index in [1.807, 2.05) is 103 Å². The standard InChI is InChI=1S/C51H48N4O7/c1-32(34-15-7-4-8-16-34)53-49(60)54-40-26-21-33(27-30-50(61)28-13-2-3-14-29-50)31-39(40)51(48(54)59)41(46(52)57)43-47(58)62-44(36-19-11-6-12-20-36)42(35-17-9-5-10-18-35)55(43)45(51)37-22-24-38(56)25-23-37/h4-12,15-26,31-32,41-45,56,61H,2-3,13-14,28-29H2,1H3,(H2,52,57)(H,53,60)/t32-,41+,42+,43+,44-,45-,51+/m1/s1. The first-order valence-corrected chi connectivity index (χ1v) is 21.3. The number of nitrogens with zero attached hydrogens (tertiary/aromatic N) is 2. The fourth-order valence-electron chi connectivity index (χ4n) is 10.4. The Morgan fingerprint density at radius 2 is 1.40 bits per heavy atom. The van der Waals surface area contributed by atoms with Gasteiger partial charge in [-0.15, -0.1) is 0 Å². The second-order valence-corrected chi connectivity index (χ2v) is 16.9. The number of benzene rings is 5. The average molecular weight is 829 g/mol. The van der Waals surface area contributed by atoms with Crippen LogP contribution >= 0.6 is 0 Å². The van der Waals surface area contributed by atoms with Crippen LogP contribution in [0, 0.1) is 17.8 Å². The second kappa shape index (κ2) is 16.3. The number of primary amides is 1. The minimum Gasteiger partial charge on any atom is -0.508 e. The molecule has 5 N–H and O–H groups in total. The van der Waals surface area contributed by atoms with E-state index in [9.17, 15) is 24.6 Å². The molecule has 314 valence electrons. The summed E-state index contributed by atoms with van der Waals surface area (Å²) in [5, 5.41) is 25.2. The van der Waals surface area contributed by atoms with E-state index >= 15 is 4.79 Å². The molecule has 3 fully saturated rings. The summed E-state index contributed by atoms with van der Waals surface area (Å²) in [6.07, 6.45) is 3.85. The van der Waals surface area contributed by atoms with Crippen LogP contribution in [0.25, 0.3) is 0 Å². The van der Waals surface area contributed by atoms with Gasteiger partial charge in [-0.05, 0) is 90.8 Å². The molecule has 7 atom stereocenters. The van der Waals surface area contributed by atoms with Gasteiger partial charge in [0.15, 0.2) is 0 Å². The smallest absolute Gasteiger partial charge is 0.329 e. The van der Waals surface area contributed by atoms with Crippen LogP contribution in [0.3, 0.4) is 0 Å². The Kier molecular flexibility index (Phi) is 10.7. The summed E-state index contributed by atoms with van der Waals surface area (Å²) < 4.78 is 6.41. The first kappa shape index (κ1) is 40.7. The molecule has 3 aliphatic heterocycles. The van der Waals surface area contributed by atoms with Crippen LogP contribution in [0.2, 0.25) is 0 Å². The molecule has 1 aliphatic carbocycles. The quantitative estimate of drug-likeness (QED) is 0.0780. The Bertz CT molecular complexity index is 2570. The van der Waals surface area contributed by atoms with Crippen molar-refractivity contribution in [3.8, 4) is 17.6 Å². The second-order valence-electron chi connectivity index (χ2n) is 16.9. The number of phenols is 1. The van der Waals surface area contributed by atoms with Gasteiger partial charge in [-0.25, -0.2) is 9.69 Å². The molecule has 11 heteroatoms. The van der Waals surface area contributed by atoms with Crippen LogP contribution in [0.15, 0.2) is 133 Å². The van der Waals surface area contributed by atoms with Crippen LogP contribution < -0.4 is 16.0 Å². The average Bonchev–Trinajstić information content (AvgIpc) is 3.62. The van der Waals surface area contributed by atoms with Gasteiger partial charge in [-0.3, -0.25) is 19.3 Å². The van der Waals surface area contributed by atoms with Crippen molar-refractivity contribution in [3.05, 3.63) is 167 Å². The summed E-state index contributed by atoms with van der Waals surface area (Å²) in [5.74, 6) is 2.26. The van der Waals surface area contributed by atoms with Gasteiger partial charge < -0.3 is 26.0 Å². The number of aliphatic hydroxyl groups is 1. The molecule has 62 heavy (non-hydrogen) atoms. The molecule has 9 rings (SSSR count). The summed E-state index contributed by atoms with van der Waals surface area (Å²) >= 11 is 0. The highest BCUT2D eigenvalue weighted by Gasteiger charge is 2.75. The molecular weight excluding hydrogens is 781 g/mol. The lowest BCUT2D eigenvalue weighted by Crippen LogP contribution is -2.55. The number of cyclic esters (lactones) is 1. The number of urea groups is 1. The SMILES string of the molecule is C[C@@H](NC(=O)N1C(=O)[C@@]2(c3cc(C#CC4(O)CCCCCC4)ccc31)[C@H](C(N)=O)[C@H]1C(=O)O[C@H](c3ccccc3)[C@H](c3ccccc3)N1[C@@H]2c1ccc(O)cc1)c1ccccc1. The number of carbonyl (C=O) groups is 4. The van der Waals surface area contributed by atoms with Crippen molar-refractivity contribution >= 4 is 29.5 Å². The lowest BCUT2D eigenvalue weighted by molar-refractivity contribution is -0.178. The fourth-order valence-corrected chi connectivity index (χ4v) is 10.4. The number of morpholine rings is 1. The van der Waals surface area contributed by atoms with Crippen molar-refractivity contribution in [3.63, 3.8) is 0 Å². The highest BCUT2D eigenvalue weighted by Crippen LogP contribution is 2.65. The minimum atomic E-state index is -2.02. The van der Waals surface area contributed by atoms with Crippen molar-refractivity contribution < 1.29 is 34.1 Å². The predicted molar refractivity (Wildman–Crippen MR) is 232 cm³/mol. The molecule has 0 bridgehead atoms. The van der Waals surface area contributed by atoms with Crippen LogP contribution in [-0.4, -0.2) is 50.6 Å². The maximum atomic E-state index is 16.1. The maximum Gasteiger partial charge on any atom is 0.329 e. The highest BCUT2D eigenvalue weighted by atomic mass is 16.6. The van der Waals surface area contributed by atoms with Gasteiger partial charge >= 0.3 is 12.0 Å². The number of carbonyl (C=O) groups excluding carboxylic acids is 4. The number of rotatable bonds is 6. The van der Waals surface area contributed by atoms with Crippen molar-refractivity contribution in [2.24, 2.45) is 11.7 Å². The van der Waals surface area contributed by atoms with Crippen LogP contribution in [-0.2, 0) is 24.5 Å². The number of aromatic hydroxyl groups is 1. The topological polar surface area (TPSA) is 162 Å². The highest BCUT2D eigenvalue weighted by molar-refractivity contribution is 6.24. The molecule has 0 radical (unpaired) electrons. The predicted octanol–water partition coefficient (Wildman–Crippen LogP) is 7.45. The Labute approximate surface area is 360 Å². The van der Waals surface area contributed by atoms with Gasteiger partial charge in [0.05, 0.1) is 29.7 Å². The van der Waals surface area contributed by atoms with E-state index in [0.717, 1.165) is 41.7 Å². The molecule has 4 aliphatic rings. The first-order chi connectivity index (χ1) is 30.0. The summed E-state index contributed by atoms with van der Waals surface area (Å²) in [6.45, 7) is 1.81. The van der Waals surface area contributed by atoms with Gasteiger partial charge in [0.25, 0.3) is 0 Å². The van der Waals surface area contributed by atoms with E-state index in [1.54, 1.807) is 30.3 Å². The molecule has 2 saturated heterocycles. The van der Waals surface area contributed by atoms with Crippen molar-refractivity contribution in [1.82, 2.24) is 10.2 Å². The van der Waals surface area contributed by atoms with E-state index < -0.39 is 71.0 Å². The molecule has 4 amide bonds. The van der Waals surface area contributed by atoms with Crippen molar-refractivity contribution in [2.45, 2.75) is 86.7 Å². The van der Waals surface area contributed by atoms with Crippen molar-refractivity contribution in [2.75, 3.05) is 4.90 Å². The molecule has 11 nitrogen and oxygen atoms in total. The third-order valence-corrected chi connectivity index (χ3v) is 13.2. The first-order valence-electron chi connectivity index (χ1n) is 21.3. The summed E-state index contributed by atoms with van der Waals surface area (Å²) in [7, 11) is 0. The van der Waals surface area contributed by atoms with Gasteiger partial charge in [0.1, 0.15) is 28.9 Å². The Balaban J connectivity index is 1.30. The third kappa shape index (κ3) is 6.89.